The minimum absolute atomic E-state index is 0.123. The maximum Gasteiger partial charge on any atom is 0.256 e. The van der Waals surface area contributed by atoms with Gasteiger partial charge in [-0.2, -0.15) is 0 Å². The first-order valence-electron chi connectivity index (χ1n) is 12.4. The first kappa shape index (κ1) is 27.7. The van der Waals surface area contributed by atoms with E-state index in [-0.39, 0.29) is 29.0 Å². The number of halogens is 1. The number of anilines is 1. The van der Waals surface area contributed by atoms with E-state index in [4.69, 9.17) is 10.5 Å². The molecule has 0 fully saturated rings. The van der Waals surface area contributed by atoms with Crippen LogP contribution in [0.15, 0.2) is 78.3 Å². The topological polar surface area (TPSA) is 89.5 Å². The molecule has 0 aliphatic carbocycles. The van der Waals surface area contributed by atoms with Crippen molar-refractivity contribution >= 4 is 11.4 Å². The Kier molecular flexibility index (Phi) is 9.31. The standard InChI is InChI=1S/C30H36FN3O3/c1-19(2)17-28(22(5)35)33-15-6-16-37-25-10-8-24(9-11-25)34-29(36)14-12-26(30(34)32)21(4)23-7-13-27(31)20(3)18-23/h7-14,18-19,28,33,35H,4-6,15-17,32H2,1-3H3/t28-/m0/s1. The Hall–Kier alpha value is -3.84. The van der Waals surface area contributed by atoms with E-state index in [1.807, 2.05) is 0 Å². The number of ether oxygens (including phenoxy) is 1. The van der Waals surface area contributed by atoms with Gasteiger partial charge in [0.05, 0.1) is 18.3 Å². The van der Waals surface area contributed by atoms with Gasteiger partial charge in [0.15, 0.2) is 0 Å². The minimum Gasteiger partial charge on any atom is -0.511 e. The van der Waals surface area contributed by atoms with E-state index in [0.717, 1.165) is 18.4 Å². The molecule has 3 aromatic rings. The fourth-order valence-electron chi connectivity index (χ4n) is 4.10. The molecule has 4 N–H and O–H groups in total. The molecule has 0 aliphatic rings. The van der Waals surface area contributed by atoms with Gasteiger partial charge in [-0.05, 0) is 91.4 Å². The van der Waals surface area contributed by atoms with Gasteiger partial charge >= 0.3 is 0 Å². The van der Waals surface area contributed by atoms with Gasteiger partial charge in [0.25, 0.3) is 5.56 Å². The molecular formula is C30H36FN3O3. The Morgan fingerprint density at radius 3 is 2.46 bits per heavy atom. The molecular weight excluding hydrogens is 469 g/mol. The quantitative estimate of drug-likeness (QED) is 0.215. The van der Waals surface area contributed by atoms with Crippen LogP contribution >= 0.6 is 0 Å². The molecule has 0 bridgehead atoms. The minimum atomic E-state index is -0.292. The second-order valence-corrected chi connectivity index (χ2v) is 9.57. The maximum absolute atomic E-state index is 13.7. The molecule has 0 amide bonds. The summed E-state index contributed by atoms with van der Waals surface area (Å²) < 4.78 is 21.0. The van der Waals surface area contributed by atoms with Crippen molar-refractivity contribution in [2.75, 3.05) is 18.9 Å². The van der Waals surface area contributed by atoms with Crippen LogP contribution in [0, 0.1) is 18.7 Å². The third-order valence-electron chi connectivity index (χ3n) is 6.15. The van der Waals surface area contributed by atoms with Crippen molar-refractivity contribution in [1.29, 1.82) is 0 Å². The van der Waals surface area contributed by atoms with Crippen molar-refractivity contribution in [3.8, 4) is 11.4 Å². The molecule has 196 valence electrons. The molecule has 6 nitrogen and oxygen atoms in total. The maximum atomic E-state index is 13.7. The summed E-state index contributed by atoms with van der Waals surface area (Å²) in [6.07, 6.45) is 1.57. The molecule has 2 aromatic carbocycles. The highest BCUT2D eigenvalue weighted by atomic mass is 19.1. The lowest BCUT2D eigenvalue weighted by Crippen LogP contribution is -2.33. The summed E-state index contributed by atoms with van der Waals surface area (Å²) in [6.45, 7) is 14.8. The highest BCUT2D eigenvalue weighted by Crippen LogP contribution is 2.28. The summed E-state index contributed by atoms with van der Waals surface area (Å²) in [5, 5.41) is 13.0. The van der Waals surface area contributed by atoms with Gasteiger partial charge in [-0.1, -0.05) is 33.1 Å². The first-order chi connectivity index (χ1) is 17.6. The predicted molar refractivity (Wildman–Crippen MR) is 149 cm³/mol. The molecule has 0 spiro atoms. The number of aliphatic hydroxyl groups excluding tert-OH is 1. The highest BCUT2D eigenvalue weighted by molar-refractivity contribution is 5.83. The Morgan fingerprint density at radius 1 is 1.14 bits per heavy atom. The van der Waals surface area contributed by atoms with Crippen LogP contribution in [0.2, 0.25) is 0 Å². The molecule has 0 unspecified atom stereocenters. The lowest BCUT2D eigenvalue weighted by atomic mass is 9.98. The fraction of sp³-hybridized carbons (Fsp3) is 0.300. The lowest BCUT2D eigenvalue weighted by Gasteiger charge is -2.19. The smallest absolute Gasteiger partial charge is 0.256 e. The van der Waals surface area contributed by atoms with Crippen LogP contribution in [-0.2, 0) is 0 Å². The number of aromatic nitrogens is 1. The van der Waals surface area contributed by atoms with Crippen LogP contribution in [0.5, 0.6) is 5.75 Å². The average molecular weight is 506 g/mol. The molecule has 0 saturated carbocycles. The van der Waals surface area contributed by atoms with Crippen molar-refractivity contribution in [3.05, 3.63) is 106 Å². The molecule has 1 atom stereocenters. The van der Waals surface area contributed by atoms with E-state index < -0.39 is 0 Å². The number of rotatable bonds is 12. The predicted octanol–water partition coefficient (Wildman–Crippen LogP) is 5.77. The van der Waals surface area contributed by atoms with Crippen LogP contribution < -0.4 is 21.3 Å². The number of hydrogen-bond donors (Lipinski definition) is 3. The number of aryl methyl sites for hydroxylation is 1. The van der Waals surface area contributed by atoms with Crippen molar-refractivity contribution in [1.82, 2.24) is 9.88 Å². The molecule has 0 saturated heterocycles. The van der Waals surface area contributed by atoms with Crippen LogP contribution in [-0.4, -0.2) is 28.9 Å². The second kappa shape index (κ2) is 12.4. The van der Waals surface area contributed by atoms with Crippen molar-refractivity contribution in [3.63, 3.8) is 0 Å². The fourth-order valence-corrected chi connectivity index (χ4v) is 4.10. The van der Waals surface area contributed by atoms with Crippen molar-refractivity contribution in [2.24, 2.45) is 5.92 Å². The number of nitrogen functional groups attached to an aromatic ring is 1. The molecule has 0 aliphatic heterocycles. The Balaban J connectivity index is 1.66. The van der Waals surface area contributed by atoms with Crippen molar-refractivity contribution in [2.45, 2.75) is 39.7 Å². The number of nitrogens with one attached hydrogen (secondary N) is 1. The van der Waals surface area contributed by atoms with E-state index in [1.165, 1.54) is 16.7 Å². The third-order valence-corrected chi connectivity index (χ3v) is 6.15. The van der Waals surface area contributed by atoms with Gasteiger partial charge in [-0.15, -0.1) is 0 Å². The number of aliphatic hydroxyl groups is 1. The Morgan fingerprint density at radius 2 is 1.84 bits per heavy atom. The summed E-state index contributed by atoms with van der Waals surface area (Å²) in [7, 11) is 0. The molecule has 1 heterocycles. The number of nitrogens with zero attached hydrogens (tertiary/aromatic N) is 1. The molecule has 37 heavy (non-hydrogen) atoms. The second-order valence-electron chi connectivity index (χ2n) is 9.57. The number of benzene rings is 2. The highest BCUT2D eigenvalue weighted by Gasteiger charge is 2.15. The summed E-state index contributed by atoms with van der Waals surface area (Å²) >= 11 is 0. The van der Waals surface area contributed by atoms with E-state index in [9.17, 15) is 14.3 Å². The molecule has 0 radical (unpaired) electrons. The van der Waals surface area contributed by atoms with Gasteiger partial charge in [-0.25, -0.2) is 4.39 Å². The molecule has 1 aromatic heterocycles. The Bertz CT molecular complexity index is 1310. The van der Waals surface area contributed by atoms with E-state index in [0.29, 0.717) is 47.2 Å². The van der Waals surface area contributed by atoms with Gasteiger partial charge in [-0.3, -0.25) is 9.36 Å². The van der Waals surface area contributed by atoms with E-state index in [1.54, 1.807) is 49.4 Å². The zero-order valence-electron chi connectivity index (χ0n) is 21.8. The van der Waals surface area contributed by atoms with Gasteiger partial charge < -0.3 is 20.9 Å². The van der Waals surface area contributed by atoms with E-state index in [2.05, 4.69) is 32.3 Å². The number of nitrogens with two attached hydrogens (primary N) is 1. The Labute approximate surface area is 217 Å². The largest absolute Gasteiger partial charge is 0.511 e. The third kappa shape index (κ3) is 7.11. The van der Waals surface area contributed by atoms with Crippen LogP contribution in [0.4, 0.5) is 10.2 Å². The summed E-state index contributed by atoms with van der Waals surface area (Å²) in [5.74, 6) is 1.23. The number of hydrogen-bond acceptors (Lipinski definition) is 5. The van der Waals surface area contributed by atoms with Gasteiger partial charge in [0.1, 0.15) is 23.1 Å². The van der Waals surface area contributed by atoms with Crippen LogP contribution in [0.3, 0.4) is 0 Å². The lowest BCUT2D eigenvalue weighted by molar-refractivity contribution is 0.287. The average Bonchev–Trinajstić information content (AvgIpc) is 2.85. The van der Waals surface area contributed by atoms with Crippen LogP contribution in [0.25, 0.3) is 11.3 Å². The number of pyridine rings is 1. The summed E-state index contributed by atoms with van der Waals surface area (Å²) in [6, 6.07) is 14.8. The zero-order valence-corrected chi connectivity index (χ0v) is 21.8. The SMILES string of the molecule is C=C(c1ccc(F)c(C)c1)c1ccc(=O)n(-c2ccc(OCCCN[C@@H](CC(C)C)C(=C)O)cc2)c1N. The first-order valence-corrected chi connectivity index (χ1v) is 12.4. The van der Waals surface area contributed by atoms with E-state index >= 15 is 0 Å². The summed E-state index contributed by atoms with van der Waals surface area (Å²) in [5.41, 5.74) is 9.17. The molecule has 7 heteroatoms. The van der Waals surface area contributed by atoms with Crippen LogP contribution in [0.1, 0.15) is 43.4 Å². The van der Waals surface area contributed by atoms with Crippen molar-refractivity contribution < 1.29 is 14.2 Å². The van der Waals surface area contributed by atoms with Gasteiger partial charge in [0.2, 0.25) is 0 Å². The van der Waals surface area contributed by atoms with Gasteiger partial charge in [0, 0.05) is 11.6 Å². The molecule has 3 rings (SSSR count). The normalized spacial score (nSPS) is 11.9. The summed E-state index contributed by atoms with van der Waals surface area (Å²) in [4.78, 5) is 12.7. The monoisotopic (exact) mass is 505 g/mol. The zero-order chi connectivity index (χ0) is 27.1.